The molecular weight excluding hydrogens is 220 g/mol. The summed E-state index contributed by atoms with van der Waals surface area (Å²) < 4.78 is 5.28. The van der Waals surface area contributed by atoms with E-state index in [0.717, 1.165) is 4.90 Å². The van der Waals surface area contributed by atoms with Gasteiger partial charge in [-0.1, -0.05) is 19.9 Å². The molecule has 1 rings (SSSR count). The van der Waals surface area contributed by atoms with Crippen molar-refractivity contribution in [1.82, 2.24) is 0 Å². The molecule has 0 spiro atoms. The summed E-state index contributed by atoms with van der Waals surface area (Å²) in [4.78, 5) is 11.8. The topological polar surface area (TPSA) is 75.8 Å². The number of anilines is 1. The minimum absolute atomic E-state index is 0.417. The molecule has 0 aliphatic rings. The zero-order chi connectivity index (χ0) is 13.3. The highest BCUT2D eigenvalue weighted by molar-refractivity contribution is 5.85. The van der Waals surface area contributed by atoms with E-state index < -0.39 is 6.09 Å². The molecule has 3 N–H and O–H groups in total. The van der Waals surface area contributed by atoms with Crippen LogP contribution in [0.1, 0.15) is 13.8 Å². The first-order valence-electron chi connectivity index (χ1n) is 5.54. The molecule has 1 amide bonds. The molecule has 5 heteroatoms. The van der Waals surface area contributed by atoms with E-state index in [2.05, 4.69) is 0 Å². The number of nitrogens with two attached hydrogens (primary N) is 1. The molecule has 17 heavy (non-hydrogen) atoms. The summed E-state index contributed by atoms with van der Waals surface area (Å²) in [6.45, 7) is 4.85. The zero-order valence-corrected chi connectivity index (χ0v) is 10.5. The summed E-state index contributed by atoms with van der Waals surface area (Å²) in [7, 11) is 1.48. The molecular formula is C12H20N2O3. The van der Waals surface area contributed by atoms with Gasteiger partial charge in [0.15, 0.2) is 0 Å². The number of nitrogens with zero attached hydrogens (tertiary/aromatic N) is 1. The predicted molar refractivity (Wildman–Crippen MR) is 68.8 cm³/mol. The van der Waals surface area contributed by atoms with Crippen molar-refractivity contribution >= 4 is 11.8 Å². The van der Waals surface area contributed by atoms with Crippen LogP contribution in [0, 0.1) is 0 Å². The van der Waals surface area contributed by atoms with E-state index in [1.54, 1.807) is 24.3 Å². The Morgan fingerprint density at radius 2 is 2.12 bits per heavy atom. The molecule has 1 aromatic rings. The maximum atomic E-state index is 10.7. The first kappa shape index (κ1) is 15.2. The molecule has 1 aromatic carbocycles. The van der Waals surface area contributed by atoms with Crippen LogP contribution < -0.4 is 15.4 Å². The van der Waals surface area contributed by atoms with Crippen molar-refractivity contribution in [2.75, 3.05) is 25.1 Å². The average Bonchev–Trinajstić information content (AvgIpc) is 2.38. The van der Waals surface area contributed by atoms with Gasteiger partial charge in [-0.25, -0.2) is 4.79 Å². The molecule has 0 fully saturated rings. The molecule has 0 bridgehead atoms. The molecule has 0 aliphatic carbocycles. The van der Waals surface area contributed by atoms with Gasteiger partial charge in [0.25, 0.3) is 0 Å². The highest BCUT2D eigenvalue weighted by atomic mass is 16.5. The van der Waals surface area contributed by atoms with Gasteiger partial charge in [0.2, 0.25) is 0 Å². The van der Waals surface area contributed by atoms with Crippen LogP contribution in [-0.2, 0) is 0 Å². The Hall–Kier alpha value is -1.75. The third kappa shape index (κ3) is 5.21. The van der Waals surface area contributed by atoms with Crippen LogP contribution in [0.2, 0.25) is 0 Å². The quantitative estimate of drug-likeness (QED) is 0.845. The maximum Gasteiger partial charge on any atom is 0.411 e. The van der Waals surface area contributed by atoms with Gasteiger partial charge < -0.3 is 15.6 Å². The molecule has 0 heterocycles. The fourth-order valence-electron chi connectivity index (χ4n) is 1.07. The lowest BCUT2D eigenvalue weighted by molar-refractivity contribution is 0.203. The fraction of sp³-hybridized carbons (Fsp3) is 0.417. The lowest BCUT2D eigenvalue weighted by Crippen LogP contribution is -2.23. The van der Waals surface area contributed by atoms with Gasteiger partial charge in [-0.05, 0) is 12.1 Å². The summed E-state index contributed by atoms with van der Waals surface area (Å²) in [6, 6.07) is 6.85. The van der Waals surface area contributed by atoms with Crippen molar-refractivity contribution in [3.8, 4) is 5.75 Å². The smallest absolute Gasteiger partial charge is 0.411 e. The second-order valence-corrected chi connectivity index (χ2v) is 2.98. The Labute approximate surface area is 102 Å². The first-order valence-corrected chi connectivity index (χ1v) is 5.54. The van der Waals surface area contributed by atoms with Gasteiger partial charge in [-0.15, -0.1) is 0 Å². The van der Waals surface area contributed by atoms with Crippen LogP contribution in [0.25, 0.3) is 0 Å². The summed E-state index contributed by atoms with van der Waals surface area (Å²) in [5.41, 5.74) is 5.86. The Bertz CT molecular complexity index is 342. The molecule has 5 nitrogen and oxygen atoms in total. The standard InChI is InChI=1S/C10H14N2O3.C2H6/c1-12(10(13)14)8-3-2-4-9(7-8)15-6-5-11;1-2/h2-4,7H,5-6,11H2,1H3,(H,13,14);1-2H3. The van der Waals surface area contributed by atoms with E-state index in [0.29, 0.717) is 24.6 Å². The van der Waals surface area contributed by atoms with E-state index in [4.69, 9.17) is 15.6 Å². The number of carbonyl (C=O) groups is 1. The van der Waals surface area contributed by atoms with Crippen LogP contribution in [-0.4, -0.2) is 31.4 Å². The van der Waals surface area contributed by atoms with Gasteiger partial charge in [-0.2, -0.15) is 0 Å². The number of ether oxygens (including phenoxy) is 1. The minimum Gasteiger partial charge on any atom is -0.492 e. The second-order valence-electron chi connectivity index (χ2n) is 2.98. The van der Waals surface area contributed by atoms with Crippen molar-refractivity contribution in [2.24, 2.45) is 5.73 Å². The third-order valence-corrected chi connectivity index (χ3v) is 1.88. The lowest BCUT2D eigenvalue weighted by Gasteiger charge is -2.14. The van der Waals surface area contributed by atoms with Crippen molar-refractivity contribution in [2.45, 2.75) is 13.8 Å². The molecule has 0 unspecified atom stereocenters. The molecule has 0 radical (unpaired) electrons. The van der Waals surface area contributed by atoms with Gasteiger partial charge in [-0.3, -0.25) is 4.90 Å². The van der Waals surface area contributed by atoms with Crippen molar-refractivity contribution in [3.63, 3.8) is 0 Å². The second kappa shape index (κ2) is 8.41. The normalized spacial score (nSPS) is 8.94. The van der Waals surface area contributed by atoms with Crippen molar-refractivity contribution in [3.05, 3.63) is 24.3 Å². The van der Waals surface area contributed by atoms with E-state index in [1.807, 2.05) is 13.8 Å². The summed E-state index contributed by atoms with van der Waals surface area (Å²) >= 11 is 0. The Morgan fingerprint density at radius 3 is 2.65 bits per heavy atom. The minimum atomic E-state index is -1.01. The largest absolute Gasteiger partial charge is 0.492 e. The Kier molecular flexibility index (Phi) is 7.54. The van der Waals surface area contributed by atoms with E-state index in [1.165, 1.54) is 7.05 Å². The average molecular weight is 240 g/mol. The predicted octanol–water partition coefficient (Wildman–Crippen LogP) is 2.16. The number of benzene rings is 1. The highest BCUT2D eigenvalue weighted by Gasteiger charge is 2.08. The fourth-order valence-corrected chi connectivity index (χ4v) is 1.07. The highest BCUT2D eigenvalue weighted by Crippen LogP contribution is 2.20. The van der Waals surface area contributed by atoms with Crippen LogP contribution in [0.15, 0.2) is 24.3 Å². The monoisotopic (exact) mass is 240 g/mol. The molecule has 0 atom stereocenters. The molecule has 0 saturated heterocycles. The molecule has 0 aromatic heterocycles. The van der Waals surface area contributed by atoms with Gasteiger partial charge in [0.05, 0.1) is 5.69 Å². The van der Waals surface area contributed by atoms with Crippen molar-refractivity contribution in [1.29, 1.82) is 0 Å². The van der Waals surface area contributed by atoms with Gasteiger partial charge in [0, 0.05) is 19.7 Å². The number of hydrogen-bond donors (Lipinski definition) is 2. The van der Waals surface area contributed by atoms with Crippen LogP contribution in [0.5, 0.6) is 5.75 Å². The molecule has 0 aliphatic heterocycles. The summed E-state index contributed by atoms with van der Waals surface area (Å²) in [5.74, 6) is 0.617. The van der Waals surface area contributed by atoms with Crippen LogP contribution in [0.3, 0.4) is 0 Å². The van der Waals surface area contributed by atoms with Gasteiger partial charge in [0.1, 0.15) is 12.4 Å². The van der Waals surface area contributed by atoms with E-state index in [9.17, 15) is 4.79 Å². The SMILES string of the molecule is CC.CN(C(=O)O)c1cccc(OCCN)c1. The van der Waals surface area contributed by atoms with Crippen molar-refractivity contribution < 1.29 is 14.6 Å². The van der Waals surface area contributed by atoms with Crippen LogP contribution >= 0.6 is 0 Å². The number of rotatable bonds is 4. The summed E-state index contributed by atoms with van der Waals surface area (Å²) in [6.07, 6.45) is -1.01. The first-order chi connectivity index (χ1) is 8.15. The number of hydrogen-bond acceptors (Lipinski definition) is 3. The molecule has 96 valence electrons. The number of carboxylic acid groups (broad SMARTS) is 1. The summed E-state index contributed by atoms with van der Waals surface area (Å²) in [5, 5.41) is 8.77. The Morgan fingerprint density at radius 1 is 1.47 bits per heavy atom. The van der Waals surface area contributed by atoms with Crippen LogP contribution in [0.4, 0.5) is 10.5 Å². The number of amides is 1. The third-order valence-electron chi connectivity index (χ3n) is 1.88. The van der Waals surface area contributed by atoms with Gasteiger partial charge >= 0.3 is 6.09 Å². The van der Waals surface area contributed by atoms with E-state index in [-0.39, 0.29) is 0 Å². The Balaban J connectivity index is 0.00000121. The lowest BCUT2D eigenvalue weighted by atomic mass is 10.3. The maximum absolute atomic E-state index is 10.7. The van der Waals surface area contributed by atoms with E-state index >= 15 is 0 Å². The zero-order valence-electron chi connectivity index (χ0n) is 10.5. The molecule has 0 saturated carbocycles.